The molecule has 0 unspecified atom stereocenters. The number of rotatable bonds is 20. The third kappa shape index (κ3) is 18.0. The maximum absolute atomic E-state index is 13.3. The van der Waals surface area contributed by atoms with E-state index in [4.69, 9.17) is 92.2 Å². The number of aromatic hydroxyl groups is 2. The summed E-state index contributed by atoms with van der Waals surface area (Å²) < 4.78 is 39.8. The first kappa shape index (κ1) is 94.0. The molecule has 0 bridgehead atoms. The summed E-state index contributed by atoms with van der Waals surface area (Å²) in [6, 6.07) is 35.8. The molecule has 0 radical (unpaired) electrons. The molecule has 662 valence electrons. The summed E-state index contributed by atoms with van der Waals surface area (Å²) in [4.78, 5) is 124. The molecule has 10 aromatic carbocycles. The van der Waals surface area contributed by atoms with Gasteiger partial charge < -0.3 is 97.6 Å². The third-order valence-corrected chi connectivity index (χ3v) is 22.8. The number of hydrogen-bond acceptors (Lipinski definition) is 20. The van der Waals surface area contributed by atoms with Gasteiger partial charge in [-0.3, -0.25) is 47.9 Å². The lowest BCUT2D eigenvalue weighted by Gasteiger charge is -2.23. The Balaban J connectivity index is 0.000000154. The van der Waals surface area contributed by atoms with Crippen molar-refractivity contribution in [3.8, 4) is 46.0 Å². The van der Waals surface area contributed by atoms with Crippen LogP contribution in [0.4, 0.5) is 11.4 Å². The Morgan fingerprint density at radius 1 is 0.339 bits per heavy atom. The van der Waals surface area contributed by atoms with Crippen LogP contribution >= 0.6 is 58.0 Å². The van der Waals surface area contributed by atoms with Gasteiger partial charge in [0.15, 0.2) is 55.9 Å². The number of fused-ring (bicyclic) bond motifs is 10. The van der Waals surface area contributed by atoms with Crippen molar-refractivity contribution in [1.82, 2.24) is 22.8 Å². The van der Waals surface area contributed by atoms with Gasteiger partial charge in [0.2, 0.25) is 0 Å². The minimum atomic E-state index is -1.08. The van der Waals surface area contributed by atoms with Crippen LogP contribution in [0.1, 0.15) is 76.0 Å². The number of carboxylic acids is 5. The lowest BCUT2D eigenvalue weighted by molar-refractivity contribution is -0.138. The molecule has 127 heavy (non-hydrogen) atoms. The number of nitrogen functional groups attached to an aromatic ring is 1. The van der Waals surface area contributed by atoms with Crippen LogP contribution in [0.25, 0.3) is 109 Å². The first-order chi connectivity index (χ1) is 60.1. The summed E-state index contributed by atoms with van der Waals surface area (Å²) in [6.07, 6.45) is 0. The molecule has 0 aliphatic heterocycles. The van der Waals surface area contributed by atoms with Crippen LogP contribution in [0.3, 0.4) is 0 Å². The van der Waals surface area contributed by atoms with Crippen molar-refractivity contribution in [2.45, 2.75) is 92.0 Å². The van der Waals surface area contributed by atoms with Crippen molar-refractivity contribution in [3.63, 3.8) is 0 Å². The fourth-order valence-electron chi connectivity index (χ4n) is 15.6. The number of para-hydroxylation sites is 2. The molecule has 30 nitrogen and oxygen atoms in total. The topological polar surface area (TPSA) is 422 Å². The number of halogens is 5. The van der Waals surface area contributed by atoms with Gasteiger partial charge in [-0.25, -0.2) is 0 Å². The number of carbonyl (C=O) groups is 5. The lowest BCUT2D eigenvalue weighted by Crippen LogP contribution is -2.19. The zero-order chi connectivity index (χ0) is 93.2. The zero-order valence-corrected chi connectivity index (χ0v) is 74.6. The molecular formula is C92H86Cl5N7O23. The number of phenols is 2. The highest BCUT2D eigenvalue weighted by Crippen LogP contribution is 2.45. The summed E-state index contributed by atoms with van der Waals surface area (Å²) in [5.41, 5.74) is 12.2. The summed E-state index contributed by atoms with van der Waals surface area (Å²) in [5.74, 6) is -3.60. The van der Waals surface area contributed by atoms with E-state index in [9.17, 15) is 83.7 Å². The third-order valence-electron chi connectivity index (χ3n) is 21.2. The van der Waals surface area contributed by atoms with Gasteiger partial charge in [0.25, 0.3) is 0 Å². The molecule has 0 fully saturated rings. The Kier molecular flexibility index (Phi) is 28.5. The molecule has 35 heteroatoms. The van der Waals surface area contributed by atoms with Crippen LogP contribution in [0.2, 0.25) is 25.1 Å². The highest BCUT2D eigenvalue weighted by molar-refractivity contribution is 6.37. The number of aliphatic carboxylic acids is 5. The zero-order valence-electron chi connectivity index (χ0n) is 70.8. The van der Waals surface area contributed by atoms with Crippen LogP contribution in [-0.2, 0) is 56.7 Å². The van der Waals surface area contributed by atoms with Crippen LogP contribution < -0.4 is 66.2 Å². The van der Waals surface area contributed by atoms with E-state index in [1.807, 2.05) is 64.9 Å². The van der Waals surface area contributed by atoms with E-state index in [0.717, 1.165) is 16.8 Å². The van der Waals surface area contributed by atoms with Crippen molar-refractivity contribution in [2.24, 2.45) is 0 Å². The number of pyridine rings is 5. The molecule has 5 aromatic heterocycles. The number of benzene rings is 10. The Bertz CT molecular complexity index is 7240. The van der Waals surface area contributed by atoms with Gasteiger partial charge in [0.05, 0.1) is 156 Å². The molecule has 0 saturated heterocycles. The Hall–Kier alpha value is -13.7. The number of anilines is 2. The van der Waals surface area contributed by atoms with Gasteiger partial charge in [-0.1, -0.05) is 124 Å². The van der Waals surface area contributed by atoms with Gasteiger partial charge >= 0.3 is 29.8 Å². The van der Waals surface area contributed by atoms with E-state index in [-0.39, 0.29) is 160 Å². The van der Waals surface area contributed by atoms with Crippen molar-refractivity contribution in [2.75, 3.05) is 67.4 Å². The highest BCUT2D eigenvalue weighted by atomic mass is 35.5. The number of methoxy groups -OCH3 is 6. The summed E-state index contributed by atoms with van der Waals surface area (Å²) in [7, 11) is 12.4. The van der Waals surface area contributed by atoms with Crippen molar-refractivity contribution in [3.05, 3.63) is 226 Å². The normalized spacial score (nSPS) is 11.3. The monoisotopic (exact) mass is 1830 g/mol. The second kappa shape index (κ2) is 38.4. The average Bonchev–Trinajstić information content (AvgIpc) is 0.769. The molecule has 0 aliphatic carbocycles. The maximum Gasteiger partial charge on any atom is 0.323 e. The van der Waals surface area contributed by atoms with Crippen molar-refractivity contribution >= 4 is 208 Å². The molecule has 0 saturated carbocycles. The predicted octanol–water partition coefficient (Wildman–Crippen LogP) is 16.9. The van der Waals surface area contributed by atoms with Gasteiger partial charge in [-0.15, -0.1) is 0 Å². The van der Waals surface area contributed by atoms with E-state index in [0.29, 0.717) is 109 Å². The van der Waals surface area contributed by atoms with Gasteiger partial charge in [0, 0.05) is 35.9 Å². The number of ether oxygens (including phenoxy) is 6. The van der Waals surface area contributed by atoms with Crippen LogP contribution in [0.15, 0.2) is 157 Å². The molecule has 0 amide bonds. The van der Waals surface area contributed by atoms with Crippen LogP contribution in [0, 0.1) is 0 Å². The second-order valence-electron chi connectivity index (χ2n) is 30.2. The Labute approximate surface area is 746 Å². The Morgan fingerprint density at radius 3 is 0.984 bits per heavy atom. The van der Waals surface area contributed by atoms with E-state index in [1.165, 1.54) is 79.6 Å². The van der Waals surface area contributed by atoms with E-state index in [1.54, 1.807) is 101 Å². The van der Waals surface area contributed by atoms with Gasteiger partial charge in [-0.05, 0) is 144 Å². The minimum absolute atomic E-state index is 0.00625. The SMILES string of the molecule is COc1c(Cl)c(N)cc2c(=O)c3ccccc3n(CC(=O)O)c12.COc1c(Cl)c(O)cc2c(=O)c3ccccc3n(CC(=O)O)c12.COc1c(Cl)ccc2c(=O)c3cc(N(C)C)c(C(C)C)cc3n(CC(=O)O)c12.COc1c(Cl)ccc2c(=O)c3cc(O)c(C(C)C)cc3n(CC(=O)O)c12.COc1cc2c(=O)c3ccc(Cl)c(OC)c3n(CC(=O)O)c2cc1C(C)C. The molecule has 0 aliphatic rings. The first-order valence-electron chi connectivity index (χ1n) is 38.8. The van der Waals surface area contributed by atoms with Gasteiger partial charge in [-0.2, -0.15) is 0 Å². The fraction of sp³-hybridized carbons (Fsp3) is 0.239. The number of hydrogen-bond donors (Lipinski definition) is 8. The smallest absolute Gasteiger partial charge is 0.323 e. The van der Waals surface area contributed by atoms with E-state index in [2.05, 4.69) is 13.8 Å². The Morgan fingerprint density at radius 2 is 0.638 bits per heavy atom. The number of aromatic nitrogens is 5. The molecule has 15 aromatic rings. The number of nitrogens with zero attached hydrogens (tertiary/aromatic N) is 6. The molecule has 0 spiro atoms. The van der Waals surface area contributed by atoms with Crippen LogP contribution in [-0.4, -0.2) is 145 Å². The fourth-order valence-corrected chi connectivity index (χ4v) is 16.8. The molecular weight excluding hydrogens is 1750 g/mol. The first-order valence-corrected chi connectivity index (χ1v) is 40.7. The summed E-state index contributed by atoms with van der Waals surface area (Å²) >= 11 is 30.9. The van der Waals surface area contributed by atoms with Crippen molar-refractivity contribution < 1.29 is 88.1 Å². The molecule has 0 atom stereocenters. The number of nitrogens with two attached hydrogens (primary N) is 1. The van der Waals surface area contributed by atoms with Crippen molar-refractivity contribution in [1.29, 1.82) is 0 Å². The number of carboxylic acid groups (broad SMARTS) is 5. The standard InChI is InChI=1S/C21H23ClN2O4.C20H20ClNO5.C19H18ClNO5.C16H13ClN2O4.C16H12ClNO5/c1-11(2)13-8-17-14(9-16(13)23(3)4)20(27)12-6-7-15(22)21(28-5)19(12)24(17)10-18(25)26;1-10(2)12-7-15-13(8-16(12)26-3)19(25)11-5-6-14(21)20(27-4)18(11)22(15)9-17(23)24;1-9(2)11-6-14-12(7-15(11)22)18(25)10-4-5-13(20)19(26-3)17(10)21(14)8-16(23)24;1-23-16-13(17)10(18)6-9-14(16)19(7-12(20)21)11-5-3-2-4-8(11)15(9)22;1-23-16-13(17)11(19)6-9-14(16)18(7-12(20)21)10-5-3-2-4-8(10)15(9)22/h6-9,11H,10H2,1-5H3,(H,25,26);5-8,10H,9H2,1-4H3,(H,23,24);4-7,9,22H,8H2,1-3H3,(H,23,24);2-6H,7,18H2,1H3,(H,20,21);2-6,19H,7H2,1H3,(H,20,21). The largest absolute Gasteiger partial charge is 0.508 e. The van der Waals surface area contributed by atoms with Gasteiger partial charge in [0.1, 0.15) is 60.0 Å². The number of phenolic OH excluding ortho intramolecular Hbond substituents is 2. The maximum atomic E-state index is 13.3. The highest BCUT2D eigenvalue weighted by Gasteiger charge is 2.29. The summed E-state index contributed by atoms with van der Waals surface area (Å²) in [5, 5.41) is 71.3. The molecule has 5 heterocycles. The predicted molar refractivity (Wildman–Crippen MR) is 495 cm³/mol. The van der Waals surface area contributed by atoms with E-state index < -0.39 is 29.8 Å². The summed E-state index contributed by atoms with van der Waals surface area (Å²) in [6.45, 7) is 10.2. The van der Waals surface area contributed by atoms with Crippen LogP contribution in [0.5, 0.6) is 46.0 Å². The van der Waals surface area contributed by atoms with E-state index >= 15 is 0 Å². The lowest BCUT2D eigenvalue weighted by atomic mass is 9.97. The molecule has 9 N–H and O–H groups in total. The minimum Gasteiger partial charge on any atom is -0.508 e. The molecule has 15 rings (SSSR count). The quantitative estimate of drug-likeness (QED) is 0.0259. The average molecular weight is 1830 g/mol. The second-order valence-corrected chi connectivity index (χ2v) is 32.2.